The van der Waals surface area contributed by atoms with Crippen LogP contribution < -0.4 is 0 Å². The normalized spacial score (nSPS) is 11.8. The van der Waals surface area contributed by atoms with Crippen molar-refractivity contribution in [3.8, 4) is 10.6 Å². The van der Waals surface area contributed by atoms with Gasteiger partial charge in [-0.25, -0.2) is 4.98 Å². The van der Waals surface area contributed by atoms with E-state index in [0.717, 1.165) is 23.1 Å². The third-order valence-electron chi connectivity index (χ3n) is 1.96. The second-order valence-corrected chi connectivity index (χ2v) is 5.17. The maximum atomic E-state index is 12.7. The molecule has 2 nitrogen and oxygen atoms in total. The Hall–Kier alpha value is -1.08. The molecule has 0 atom stereocenters. The molecule has 0 bridgehead atoms. The predicted molar refractivity (Wildman–Crippen MR) is 62.1 cm³/mol. The minimum Gasteiger partial charge on any atom is -0.264 e. The Morgan fingerprint density at radius 1 is 1.35 bits per heavy atom. The van der Waals surface area contributed by atoms with Crippen molar-refractivity contribution in [3.05, 3.63) is 30.2 Å². The van der Waals surface area contributed by atoms with Crippen LogP contribution in [0.4, 0.5) is 13.2 Å². The first-order valence-corrected chi connectivity index (χ1v) is 6.59. The number of pyridine rings is 1. The first-order chi connectivity index (χ1) is 8.02. The highest BCUT2D eigenvalue weighted by molar-refractivity contribution is 8.00. The molecule has 0 unspecified atom stereocenters. The van der Waals surface area contributed by atoms with Crippen molar-refractivity contribution in [1.82, 2.24) is 9.97 Å². The molecule has 2 rings (SSSR count). The van der Waals surface area contributed by atoms with Crippen LogP contribution in [0, 0.1) is 0 Å². The van der Waals surface area contributed by atoms with Crippen LogP contribution >= 0.6 is 23.1 Å². The molecule has 0 aromatic carbocycles. The van der Waals surface area contributed by atoms with Gasteiger partial charge in [0.1, 0.15) is 5.01 Å². The monoisotopic (exact) mass is 276 g/mol. The van der Waals surface area contributed by atoms with Gasteiger partial charge in [-0.05, 0) is 18.4 Å². The fourth-order valence-electron chi connectivity index (χ4n) is 1.24. The van der Waals surface area contributed by atoms with E-state index < -0.39 is 11.9 Å². The summed E-state index contributed by atoms with van der Waals surface area (Å²) in [5.41, 5.74) is -0.211. The lowest BCUT2D eigenvalue weighted by molar-refractivity contribution is -0.142. The quantitative estimate of drug-likeness (QED) is 0.777. The summed E-state index contributed by atoms with van der Waals surface area (Å²) in [5.74, 6) is 0. The molecule has 0 amide bonds. The Kier molecular flexibility index (Phi) is 3.39. The van der Waals surface area contributed by atoms with E-state index >= 15 is 0 Å². The van der Waals surface area contributed by atoms with Crippen LogP contribution in [0.3, 0.4) is 0 Å². The number of thioether (sulfide) groups is 1. The lowest BCUT2D eigenvalue weighted by atomic mass is 10.3. The van der Waals surface area contributed by atoms with E-state index in [1.807, 2.05) is 0 Å². The highest BCUT2D eigenvalue weighted by Crippen LogP contribution is 2.41. The van der Waals surface area contributed by atoms with Crippen LogP contribution in [0.5, 0.6) is 0 Å². The fraction of sp³-hybridized carbons (Fsp3) is 0.200. The fourth-order valence-corrected chi connectivity index (χ4v) is 2.97. The second-order valence-electron chi connectivity index (χ2n) is 3.10. The van der Waals surface area contributed by atoms with Gasteiger partial charge in [-0.2, -0.15) is 13.2 Å². The largest absolute Gasteiger partial charge is 0.435 e. The third-order valence-corrected chi connectivity index (χ3v) is 4.17. The van der Waals surface area contributed by atoms with E-state index in [4.69, 9.17) is 0 Å². The summed E-state index contributed by atoms with van der Waals surface area (Å²) in [5, 5.41) is 0.342. The van der Waals surface area contributed by atoms with Crippen LogP contribution in [0.15, 0.2) is 28.7 Å². The zero-order chi connectivity index (χ0) is 12.5. The Morgan fingerprint density at radius 3 is 2.59 bits per heavy atom. The molecule has 0 aliphatic carbocycles. The predicted octanol–water partition coefficient (Wildman–Crippen LogP) is 3.95. The maximum absolute atomic E-state index is 12.7. The van der Waals surface area contributed by atoms with E-state index in [-0.39, 0.29) is 4.21 Å². The molecule has 2 aromatic heterocycles. The van der Waals surface area contributed by atoms with Gasteiger partial charge in [0.25, 0.3) is 0 Å². The molecule has 17 heavy (non-hydrogen) atoms. The van der Waals surface area contributed by atoms with Gasteiger partial charge in [0.15, 0.2) is 5.69 Å². The highest BCUT2D eigenvalue weighted by atomic mass is 32.2. The Morgan fingerprint density at radius 2 is 2.12 bits per heavy atom. The Labute approximate surface area is 104 Å². The number of hydrogen-bond acceptors (Lipinski definition) is 4. The van der Waals surface area contributed by atoms with Crippen LogP contribution in [-0.4, -0.2) is 16.2 Å². The Balaban J connectivity index is 2.49. The second kappa shape index (κ2) is 4.66. The molecule has 2 heterocycles. The highest BCUT2D eigenvalue weighted by Gasteiger charge is 2.37. The summed E-state index contributed by atoms with van der Waals surface area (Å²) in [6, 6.07) is 3.36. The number of alkyl halides is 3. The number of halogens is 3. The minimum absolute atomic E-state index is 0.177. The van der Waals surface area contributed by atoms with Gasteiger partial charge >= 0.3 is 6.18 Å². The van der Waals surface area contributed by atoms with Gasteiger partial charge in [0.05, 0.1) is 4.21 Å². The summed E-state index contributed by atoms with van der Waals surface area (Å²) in [7, 11) is 0. The van der Waals surface area contributed by atoms with Crippen LogP contribution in [-0.2, 0) is 6.18 Å². The maximum Gasteiger partial charge on any atom is 0.435 e. The number of hydrogen-bond donors (Lipinski definition) is 0. The molecule has 0 radical (unpaired) electrons. The van der Waals surface area contributed by atoms with Crippen molar-refractivity contribution >= 4 is 23.1 Å². The summed E-state index contributed by atoms with van der Waals surface area (Å²) in [6.07, 6.45) is 0.269. The minimum atomic E-state index is -4.41. The molecular formula is C10H7F3N2S2. The van der Waals surface area contributed by atoms with Gasteiger partial charge in [-0.15, -0.1) is 23.1 Å². The van der Waals surface area contributed by atoms with Gasteiger partial charge < -0.3 is 0 Å². The average Bonchev–Trinajstić information content (AvgIpc) is 2.74. The average molecular weight is 276 g/mol. The number of aromatic nitrogens is 2. The first kappa shape index (κ1) is 12.4. The number of nitrogens with zero attached hydrogens (tertiary/aromatic N) is 2. The van der Waals surface area contributed by atoms with Gasteiger partial charge in [-0.1, -0.05) is 0 Å². The third kappa shape index (κ3) is 2.61. The molecule has 0 saturated heterocycles. The lowest BCUT2D eigenvalue weighted by Gasteiger charge is -2.03. The molecule has 0 spiro atoms. The summed E-state index contributed by atoms with van der Waals surface area (Å²) < 4.78 is 38.2. The van der Waals surface area contributed by atoms with Gasteiger partial charge in [0, 0.05) is 18.0 Å². The summed E-state index contributed by atoms with van der Waals surface area (Å²) in [4.78, 5) is 7.52. The molecule has 0 N–H and O–H groups in total. The van der Waals surface area contributed by atoms with E-state index in [0.29, 0.717) is 10.6 Å². The van der Waals surface area contributed by atoms with Crippen molar-refractivity contribution in [2.45, 2.75) is 10.4 Å². The van der Waals surface area contributed by atoms with Crippen molar-refractivity contribution in [2.24, 2.45) is 0 Å². The lowest BCUT2D eigenvalue weighted by Crippen LogP contribution is -2.06. The van der Waals surface area contributed by atoms with Crippen LogP contribution in [0.1, 0.15) is 5.69 Å². The topological polar surface area (TPSA) is 25.8 Å². The molecule has 7 heteroatoms. The van der Waals surface area contributed by atoms with Crippen molar-refractivity contribution < 1.29 is 13.2 Å². The van der Waals surface area contributed by atoms with Crippen LogP contribution in [0.25, 0.3) is 10.6 Å². The number of rotatable bonds is 2. The van der Waals surface area contributed by atoms with E-state index in [1.54, 1.807) is 24.6 Å². The van der Waals surface area contributed by atoms with E-state index in [1.165, 1.54) is 6.20 Å². The zero-order valence-electron chi connectivity index (χ0n) is 8.65. The zero-order valence-corrected chi connectivity index (χ0v) is 10.3. The number of thiazole rings is 1. The molecule has 90 valence electrons. The smallest absolute Gasteiger partial charge is 0.264 e. The van der Waals surface area contributed by atoms with Gasteiger partial charge in [-0.3, -0.25) is 4.98 Å². The van der Waals surface area contributed by atoms with Crippen molar-refractivity contribution in [1.29, 1.82) is 0 Å². The molecule has 0 aliphatic heterocycles. The SMILES string of the molecule is CSc1sc(-c2cccnc2)nc1C(F)(F)F. The van der Waals surface area contributed by atoms with Crippen molar-refractivity contribution in [3.63, 3.8) is 0 Å². The molecular weight excluding hydrogens is 269 g/mol. The standard InChI is InChI=1S/C10H7F3N2S2/c1-16-9-7(10(11,12)13)15-8(17-9)6-3-2-4-14-5-6/h2-5H,1H3. The first-order valence-electron chi connectivity index (χ1n) is 4.55. The molecule has 0 aliphatic rings. The van der Waals surface area contributed by atoms with E-state index in [9.17, 15) is 13.2 Å². The van der Waals surface area contributed by atoms with Crippen molar-refractivity contribution in [2.75, 3.05) is 6.26 Å². The molecule has 0 saturated carbocycles. The summed E-state index contributed by atoms with van der Waals surface area (Å²) in [6.45, 7) is 0. The molecule has 2 aromatic rings. The summed E-state index contributed by atoms with van der Waals surface area (Å²) >= 11 is 2.08. The molecule has 0 fully saturated rings. The van der Waals surface area contributed by atoms with E-state index in [2.05, 4.69) is 9.97 Å². The van der Waals surface area contributed by atoms with Crippen LogP contribution in [0.2, 0.25) is 0 Å². The van der Waals surface area contributed by atoms with Gasteiger partial charge in [0.2, 0.25) is 0 Å². The Bertz CT molecular complexity index is 508.